The van der Waals surface area contributed by atoms with Gasteiger partial charge in [0.25, 0.3) is 5.91 Å². The highest BCUT2D eigenvalue weighted by Gasteiger charge is 2.31. The highest BCUT2D eigenvalue weighted by molar-refractivity contribution is 5.79. The summed E-state index contributed by atoms with van der Waals surface area (Å²) in [5.41, 5.74) is 0. The van der Waals surface area contributed by atoms with Gasteiger partial charge in [-0.05, 0) is 13.3 Å². The lowest BCUT2D eigenvalue weighted by Gasteiger charge is -2.19. The van der Waals surface area contributed by atoms with E-state index >= 15 is 0 Å². The molecule has 0 aromatic carbocycles. The van der Waals surface area contributed by atoms with Crippen molar-refractivity contribution in [2.24, 2.45) is 5.92 Å². The number of carbonyl (C=O) groups excluding carboxylic acids is 3. The Morgan fingerprint density at radius 2 is 2.06 bits per heavy atom. The van der Waals surface area contributed by atoms with Gasteiger partial charge in [-0.2, -0.15) is 5.06 Å². The van der Waals surface area contributed by atoms with Gasteiger partial charge in [0.2, 0.25) is 6.79 Å². The minimum atomic E-state index is -1.06. The molecule has 7 heteroatoms. The molecule has 0 aliphatic carbocycles. The maximum Gasteiger partial charge on any atom is 0.536 e. The van der Waals surface area contributed by atoms with E-state index in [4.69, 9.17) is 4.84 Å². The van der Waals surface area contributed by atoms with E-state index in [2.05, 4.69) is 9.47 Å². The van der Waals surface area contributed by atoms with Crippen molar-refractivity contribution in [3.05, 3.63) is 0 Å². The molecule has 0 aromatic heterocycles. The van der Waals surface area contributed by atoms with Crippen LogP contribution in [-0.4, -0.2) is 35.9 Å². The van der Waals surface area contributed by atoms with Crippen molar-refractivity contribution in [3.8, 4) is 0 Å². The van der Waals surface area contributed by atoms with Gasteiger partial charge in [0.15, 0.2) is 0 Å². The molecule has 102 valence electrons. The first-order chi connectivity index (χ1) is 8.41. The summed E-state index contributed by atoms with van der Waals surface area (Å²) in [5, 5.41) is 0.979. The molecule has 1 aliphatic rings. The molecule has 0 aromatic rings. The summed E-state index contributed by atoms with van der Waals surface area (Å²) in [5.74, 6) is -1.04. The molecule has 0 saturated carbocycles. The van der Waals surface area contributed by atoms with Gasteiger partial charge in [-0.15, -0.1) is 0 Å². The molecule has 1 saturated heterocycles. The van der Waals surface area contributed by atoms with E-state index in [9.17, 15) is 14.4 Å². The molecule has 0 spiro atoms. The Morgan fingerprint density at radius 3 is 2.56 bits per heavy atom. The Hall–Kier alpha value is -1.79. The Kier molecular flexibility index (Phi) is 4.94. The fraction of sp³-hybridized carbons (Fsp3) is 0.727. The van der Waals surface area contributed by atoms with Crippen LogP contribution >= 0.6 is 0 Å². The highest BCUT2D eigenvalue weighted by atomic mass is 16.9. The number of esters is 1. The molecule has 1 rings (SSSR count). The second-order valence-electron chi connectivity index (χ2n) is 4.33. The summed E-state index contributed by atoms with van der Waals surface area (Å²) in [6.07, 6.45) is -0.0840. The number of hydroxylamine groups is 2. The first-order valence-corrected chi connectivity index (χ1v) is 5.75. The monoisotopic (exact) mass is 259 g/mol. The average molecular weight is 259 g/mol. The fourth-order valence-electron chi connectivity index (χ4n) is 1.36. The summed E-state index contributed by atoms with van der Waals surface area (Å²) < 4.78 is 9.15. The Labute approximate surface area is 105 Å². The number of hydrogen-bond donors (Lipinski definition) is 0. The van der Waals surface area contributed by atoms with Crippen LogP contribution in [0.2, 0.25) is 0 Å². The zero-order chi connectivity index (χ0) is 13.7. The van der Waals surface area contributed by atoms with Gasteiger partial charge >= 0.3 is 12.1 Å². The van der Waals surface area contributed by atoms with Gasteiger partial charge in [-0.25, -0.2) is 4.79 Å². The largest absolute Gasteiger partial charge is 0.536 e. The smallest absolute Gasteiger partial charge is 0.427 e. The lowest BCUT2D eigenvalue weighted by Crippen LogP contribution is -2.34. The summed E-state index contributed by atoms with van der Waals surface area (Å²) in [6.45, 7) is 4.56. The van der Waals surface area contributed by atoms with Crippen molar-refractivity contribution in [1.82, 2.24) is 5.06 Å². The molecule has 0 radical (unpaired) electrons. The zero-order valence-electron chi connectivity index (χ0n) is 10.7. The van der Waals surface area contributed by atoms with E-state index < -0.39 is 18.9 Å². The molecule has 1 unspecified atom stereocenters. The number of amides is 1. The zero-order valence-corrected chi connectivity index (χ0v) is 10.7. The maximum atomic E-state index is 11.3. The van der Waals surface area contributed by atoms with Gasteiger partial charge < -0.3 is 14.3 Å². The van der Waals surface area contributed by atoms with Gasteiger partial charge in [0.1, 0.15) is 0 Å². The van der Waals surface area contributed by atoms with E-state index in [1.165, 1.54) is 0 Å². The van der Waals surface area contributed by atoms with Crippen molar-refractivity contribution in [3.63, 3.8) is 0 Å². The highest BCUT2D eigenvalue weighted by Crippen LogP contribution is 2.18. The summed E-state index contributed by atoms with van der Waals surface area (Å²) in [6, 6.07) is -0.164. The molecule has 1 heterocycles. The number of rotatable bonds is 4. The van der Waals surface area contributed by atoms with Crippen molar-refractivity contribution in [2.75, 3.05) is 6.79 Å². The van der Waals surface area contributed by atoms with Crippen LogP contribution in [-0.2, 0) is 23.9 Å². The fourth-order valence-corrected chi connectivity index (χ4v) is 1.36. The molecule has 7 nitrogen and oxygen atoms in total. The third-order valence-corrected chi connectivity index (χ3v) is 2.44. The van der Waals surface area contributed by atoms with E-state index in [1.54, 1.807) is 20.8 Å². The molecule has 0 N–H and O–H groups in total. The van der Waals surface area contributed by atoms with Crippen LogP contribution in [0.1, 0.15) is 33.6 Å². The second kappa shape index (κ2) is 6.23. The van der Waals surface area contributed by atoms with Crippen molar-refractivity contribution in [2.45, 2.75) is 39.7 Å². The third-order valence-electron chi connectivity index (χ3n) is 2.44. The normalized spacial score (nSPS) is 19.0. The van der Waals surface area contributed by atoms with Crippen LogP contribution < -0.4 is 0 Å². The first kappa shape index (κ1) is 14.3. The quantitative estimate of drug-likeness (QED) is 0.557. The molecular formula is C11H17NO6. The van der Waals surface area contributed by atoms with Crippen LogP contribution in [0.3, 0.4) is 0 Å². The molecular weight excluding hydrogens is 242 g/mol. The van der Waals surface area contributed by atoms with Gasteiger partial charge in [0.05, 0.1) is 12.0 Å². The minimum Gasteiger partial charge on any atom is -0.427 e. The van der Waals surface area contributed by atoms with Crippen molar-refractivity contribution in [1.29, 1.82) is 0 Å². The predicted octanol–water partition coefficient (Wildman–Crippen LogP) is 1.22. The summed E-state index contributed by atoms with van der Waals surface area (Å²) in [4.78, 5) is 38.3. The van der Waals surface area contributed by atoms with E-state index in [1.807, 2.05) is 0 Å². The molecule has 18 heavy (non-hydrogen) atoms. The molecule has 1 aliphatic heterocycles. The van der Waals surface area contributed by atoms with E-state index in [0.717, 1.165) is 5.06 Å². The van der Waals surface area contributed by atoms with Crippen LogP contribution in [0.15, 0.2) is 0 Å². The van der Waals surface area contributed by atoms with Crippen LogP contribution in [0.25, 0.3) is 0 Å². The molecule has 1 fully saturated rings. The number of hydrogen-bond acceptors (Lipinski definition) is 6. The first-order valence-electron chi connectivity index (χ1n) is 5.75. The molecule has 0 bridgehead atoms. The SMILES string of the molecule is CC(C)C(=O)OCOC(=O)ON1C(=O)CCC1C. The van der Waals surface area contributed by atoms with Crippen LogP contribution in [0.4, 0.5) is 4.79 Å². The van der Waals surface area contributed by atoms with Crippen LogP contribution in [0, 0.1) is 5.92 Å². The van der Waals surface area contributed by atoms with Gasteiger partial charge in [-0.3, -0.25) is 9.59 Å². The average Bonchev–Trinajstić information content (AvgIpc) is 2.60. The Bertz CT molecular complexity index is 340. The Balaban J connectivity index is 2.26. The number of nitrogens with zero attached hydrogens (tertiary/aromatic N) is 1. The summed E-state index contributed by atoms with van der Waals surface area (Å²) >= 11 is 0. The predicted molar refractivity (Wildman–Crippen MR) is 58.9 cm³/mol. The van der Waals surface area contributed by atoms with Crippen LogP contribution in [0.5, 0.6) is 0 Å². The second-order valence-corrected chi connectivity index (χ2v) is 4.33. The standard InChI is InChI=1S/C11H17NO6/c1-7(2)10(14)16-6-17-11(15)18-12-8(3)4-5-9(12)13/h7-8H,4-6H2,1-3H3. The van der Waals surface area contributed by atoms with Crippen molar-refractivity contribution < 1.29 is 28.7 Å². The van der Waals surface area contributed by atoms with Gasteiger partial charge in [0, 0.05) is 6.42 Å². The molecule has 1 amide bonds. The van der Waals surface area contributed by atoms with Gasteiger partial charge in [-0.1, -0.05) is 13.8 Å². The number of carbonyl (C=O) groups is 3. The maximum absolute atomic E-state index is 11.3. The minimum absolute atomic E-state index is 0.164. The molecule has 1 atom stereocenters. The summed E-state index contributed by atoms with van der Waals surface area (Å²) in [7, 11) is 0. The van der Waals surface area contributed by atoms with E-state index in [-0.39, 0.29) is 17.9 Å². The third kappa shape index (κ3) is 3.90. The van der Waals surface area contributed by atoms with Crippen molar-refractivity contribution >= 4 is 18.0 Å². The number of ether oxygens (including phenoxy) is 2. The Morgan fingerprint density at radius 1 is 1.39 bits per heavy atom. The van der Waals surface area contributed by atoms with E-state index in [0.29, 0.717) is 12.8 Å². The lowest BCUT2D eigenvalue weighted by atomic mass is 10.2. The topological polar surface area (TPSA) is 82.1 Å². The lowest BCUT2D eigenvalue weighted by molar-refractivity contribution is -0.180.